The normalized spacial score (nSPS) is 21.2. The first kappa shape index (κ1) is 18.0. The van der Waals surface area contributed by atoms with Gasteiger partial charge in [-0.1, -0.05) is 12.1 Å². The molecule has 4 rings (SSSR count). The third kappa shape index (κ3) is 3.98. The lowest BCUT2D eigenvalue weighted by atomic mass is 9.81. The van der Waals surface area contributed by atoms with Crippen molar-refractivity contribution in [2.75, 3.05) is 26.5 Å². The van der Waals surface area contributed by atoms with E-state index in [1.54, 1.807) is 29.2 Å². The van der Waals surface area contributed by atoms with E-state index in [0.717, 1.165) is 12.0 Å². The summed E-state index contributed by atoms with van der Waals surface area (Å²) in [6.07, 6.45) is 0.727. The van der Waals surface area contributed by atoms with E-state index in [1.165, 1.54) is 12.1 Å². The molecule has 0 unspecified atom stereocenters. The molecular weight excluding hydrogens is 372 g/mol. The molecule has 0 N–H and O–H groups in total. The average molecular weight is 391 g/mol. The van der Waals surface area contributed by atoms with Crippen LogP contribution < -0.4 is 14.2 Å². The Balaban J connectivity index is 1.49. The largest absolute Gasteiger partial charge is 0.493 e. The van der Waals surface area contributed by atoms with Gasteiger partial charge in [-0.3, -0.25) is 0 Å². The molecule has 2 aliphatic rings. The second-order valence-corrected chi connectivity index (χ2v) is 7.07. The maximum absolute atomic E-state index is 13.6. The van der Waals surface area contributed by atoms with Crippen LogP contribution in [0.5, 0.6) is 17.2 Å². The molecule has 1 saturated heterocycles. The van der Waals surface area contributed by atoms with Gasteiger partial charge in [0.25, 0.3) is 5.24 Å². The fraction of sp³-hybridized carbons (Fsp3) is 0.350. The Morgan fingerprint density at radius 2 is 1.93 bits per heavy atom. The fourth-order valence-corrected chi connectivity index (χ4v) is 3.85. The third-order valence-electron chi connectivity index (χ3n) is 5.09. The molecule has 2 atom stereocenters. The van der Waals surface area contributed by atoms with Crippen molar-refractivity contribution in [3.8, 4) is 17.2 Å². The molecule has 7 heteroatoms. The lowest BCUT2D eigenvalue weighted by Gasteiger charge is -2.38. The van der Waals surface area contributed by atoms with Crippen LogP contribution in [0.25, 0.3) is 0 Å². The van der Waals surface area contributed by atoms with Gasteiger partial charge in [-0.05, 0) is 54.4 Å². The minimum absolute atomic E-state index is 0.0170. The summed E-state index contributed by atoms with van der Waals surface area (Å²) in [5, 5.41) is -0.597. The molecule has 0 saturated carbocycles. The number of halogens is 2. The number of piperidine rings is 1. The first-order chi connectivity index (χ1) is 13.1. The highest BCUT2D eigenvalue weighted by atomic mass is 32.1. The first-order valence-corrected chi connectivity index (χ1v) is 9.23. The van der Waals surface area contributed by atoms with Crippen molar-refractivity contribution in [1.82, 2.24) is 4.90 Å². The maximum Gasteiger partial charge on any atom is 0.255 e. The zero-order valence-electron chi connectivity index (χ0n) is 14.6. The van der Waals surface area contributed by atoms with E-state index in [-0.39, 0.29) is 24.4 Å². The molecule has 27 heavy (non-hydrogen) atoms. The summed E-state index contributed by atoms with van der Waals surface area (Å²) < 4.78 is 43.5. The van der Waals surface area contributed by atoms with Gasteiger partial charge in [0, 0.05) is 25.1 Å². The van der Waals surface area contributed by atoms with Gasteiger partial charge in [-0.15, -0.1) is 0 Å². The minimum atomic E-state index is -0.597. The van der Waals surface area contributed by atoms with Crippen LogP contribution in [-0.4, -0.2) is 36.6 Å². The van der Waals surface area contributed by atoms with Crippen molar-refractivity contribution in [2.24, 2.45) is 5.92 Å². The van der Waals surface area contributed by atoms with Crippen molar-refractivity contribution in [1.29, 1.82) is 0 Å². The van der Waals surface area contributed by atoms with Gasteiger partial charge in [0.2, 0.25) is 6.79 Å². The monoisotopic (exact) mass is 391 g/mol. The summed E-state index contributed by atoms with van der Waals surface area (Å²) >= 11 is 4.71. The Morgan fingerprint density at radius 3 is 2.70 bits per heavy atom. The Kier molecular flexibility index (Phi) is 5.11. The molecule has 2 aromatic carbocycles. The van der Waals surface area contributed by atoms with E-state index < -0.39 is 5.24 Å². The molecule has 2 aromatic rings. The Labute approximate surface area is 161 Å². The molecule has 2 heterocycles. The van der Waals surface area contributed by atoms with Crippen LogP contribution in [0.1, 0.15) is 17.9 Å². The molecule has 0 spiro atoms. The molecule has 0 amide bonds. The van der Waals surface area contributed by atoms with Gasteiger partial charge in [0.1, 0.15) is 11.6 Å². The lowest BCUT2D eigenvalue weighted by molar-refractivity contribution is 0.148. The number of rotatable bonds is 4. The molecule has 1 fully saturated rings. The van der Waals surface area contributed by atoms with Crippen molar-refractivity contribution >= 4 is 17.5 Å². The van der Waals surface area contributed by atoms with E-state index in [0.29, 0.717) is 36.9 Å². The predicted molar refractivity (Wildman–Crippen MR) is 101 cm³/mol. The number of ether oxygens (including phenoxy) is 3. The summed E-state index contributed by atoms with van der Waals surface area (Å²) in [5.74, 6) is 1.90. The summed E-state index contributed by atoms with van der Waals surface area (Å²) in [4.78, 5) is 1.56. The topological polar surface area (TPSA) is 30.9 Å². The summed E-state index contributed by atoms with van der Waals surface area (Å²) in [6.45, 7) is 1.59. The molecular formula is C20H19F2NO3S. The van der Waals surface area contributed by atoms with Crippen LogP contribution in [-0.2, 0) is 0 Å². The molecule has 142 valence electrons. The molecule has 0 aromatic heterocycles. The molecule has 0 radical (unpaired) electrons. The smallest absolute Gasteiger partial charge is 0.255 e. The number of hydrogen-bond donors (Lipinski definition) is 0. The minimum Gasteiger partial charge on any atom is -0.493 e. The van der Waals surface area contributed by atoms with Crippen LogP contribution >= 0.6 is 12.2 Å². The van der Waals surface area contributed by atoms with E-state index in [9.17, 15) is 8.78 Å². The van der Waals surface area contributed by atoms with E-state index in [4.69, 9.17) is 26.4 Å². The average Bonchev–Trinajstić information content (AvgIpc) is 3.14. The van der Waals surface area contributed by atoms with Crippen molar-refractivity contribution in [3.05, 3.63) is 53.8 Å². The number of fused-ring (bicyclic) bond motifs is 1. The summed E-state index contributed by atoms with van der Waals surface area (Å²) in [7, 11) is 0. The summed E-state index contributed by atoms with van der Waals surface area (Å²) in [6, 6.07) is 11.9. The Bertz CT molecular complexity index is 830. The number of likely N-dealkylation sites (tertiary alicyclic amines) is 1. The highest BCUT2D eigenvalue weighted by molar-refractivity contribution is 7.79. The van der Waals surface area contributed by atoms with Gasteiger partial charge in [-0.25, -0.2) is 4.39 Å². The van der Waals surface area contributed by atoms with Gasteiger partial charge in [0.15, 0.2) is 11.5 Å². The molecule has 2 aliphatic heterocycles. The van der Waals surface area contributed by atoms with Gasteiger partial charge < -0.3 is 19.1 Å². The number of thiocarbonyl (C=S) groups is 1. The lowest BCUT2D eigenvalue weighted by Crippen LogP contribution is -2.43. The number of nitrogens with zero attached hydrogens (tertiary/aromatic N) is 1. The van der Waals surface area contributed by atoms with E-state index >= 15 is 0 Å². The summed E-state index contributed by atoms with van der Waals surface area (Å²) in [5.41, 5.74) is 1.03. The molecule has 0 bridgehead atoms. The third-order valence-corrected chi connectivity index (χ3v) is 5.35. The first-order valence-electron chi connectivity index (χ1n) is 8.82. The SMILES string of the molecule is FC(=S)N1CC[C@@H](c2ccc(F)cc2)[C@H](COc2ccc3c(c2)OCO3)C1. The van der Waals surface area contributed by atoms with Gasteiger partial charge >= 0.3 is 0 Å². The van der Waals surface area contributed by atoms with Gasteiger partial charge in [0.05, 0.1) is 6.61 Å². The van der Waals surface area contributed by atoms with Crippen LogP contribution in [0.3, 0.4) is 0 Å². The van der Waals surface area contributed by atoms with E-state index in [2.05, 4.69) is 0 Å². The fourth-order valence-electron chi connectivity index (χ4n) is 3.68. The van der Waals surface area contributed by atoms with Crippen LogP contribution in [0, 0.1) is 11.7 Å². The maximum atomic E-state index is 13.6. The quantitative estimate of drug-likeness (QED) is 0.441. The molecule has 4 nitrogen and oxygen atoms in total. The van der Waals surface area contributed by atoms with E-state index in [1.807, 2.05) is 6.07 Å². The number of benzene rings is 2. The van der Waals surface area contributed by atoms with Crippen LogP contribution in [0.4, 0.5) is 8.78 Å². The highest BCUT2D eigenvalue weighted by Gasteiger charge is 2.32. The Hall–Kier alpha value is -2.41. The predicted octanol–water partition coefficient (Wildman–Crippen LogP) is 4.29. The van der Waals surface area contributed by atoms with Crippen molar-refractivity contribution in [2.45, 2.75) is 12.3 Å². The second kappa shape index (κ2) is 7.68. The van der Waals surface area contributed by atoms with Crippen molar-refractivity contribution < 1.29 is 23.0 Å². The van der Waals surface area contributed by atoms with Crippen LogP contribution in [0.2, 0.25) is 0 Å². The molecule has 0 aliphatic carbocycles. The number of hydrogen-bond acceptors (Lipinski definition) is 4. The standard InChI is InChI=1S/C20H19F2NO3S/c21-15-3-1-13(2-4-15)17-7-8-23(20(22)27)10-14(17)11-24-16-5-6-18-19(9-16)26-12-25-18/h1-6,9,14,17H,7-8,10-12H2/t14-,17-/m0/s1. The second-order valence-electron chi connectivity index (χ2n) is 6.73. The zero-order valence-corrected chi connectivity index (χ0v) is 15.4. The van der Waals surface area contributed by atoms with Gasteiger partial charge in [-0.2, -0.15) is 4.39 Å². The zero-order chi connectivity index (χ0) is 18.8. The Morgan fingerprint density at radius 1 is 1.15 bits per heavy atom. The van der Waals surface area contributed by atoms with Crippen molar-refractivity contribution in [3.63, 3.8) is 0 Å². The highest BCUT2D eigenvalue weighted by Crippen LogP contribution is 2.37. The van der Waals surface area contributed by atoms with Crippen LogP contribution in [0.15, 0.2) is 42.5 Å².